The second-order valence-electron chi connectivity index (χ2n) is 12.4. The molecular formula is C32H33ClO7. The number of carbonyl (C=O) groups is 3. The molecule has 1 N–H and O–H groups in total. The maximum atomic E-state index is 13.6. The summed E-state index contributed by atoms with van der Waals surface area (Å²) in [5.41, 5.74) is 2.17. The number of hydrogen-bond donors (Lipinski definition) is 1. The highest BCUT2D eigenvalue weighted by Gasteiger charge is 2.48. The molecule has 3 aliphatic rings. The standard InChI is InChI=1S/C32H33ClO7/c1-31(2)12-21(34)27-24(14-31)40-25-15-32(3,4)13-22(35)28(25)26(27)19-10-20(33)29(23(11-19)38-5)39-16-17-6-8-18(9-7-17)30(36)37/h6-11,26H,12-16H2,1-5H3,(H,36,37). The third kappa shape index (κ3) is 5.27. The molecule has 0 aromatic heterocycles. The molecule has 2 aromatic carbocycles. The van der Waals surface area contributed by atoms with Crippen LogP contribution in [0.15, 0.2) is 59.1 Å². The van der Waals surface area contributed by atoms with Gasteiger partial charge in [0.2, 0.25) is 0 Å². The molecule has 0 spiro atoms. The third-order valence-electron chi connectivity index (χ3n) is 7.75. The maximum absolute atomic E-state index is 13.6. The van der Waals surface area contributed by atoms with Crippen LogP contribution in [0.2, 0.25) is 5.02 Å². The lowest BCUT2D eigenvalue weighted by atomic mass is 9.65. The van der Waals surface area contributed by atoms with Crippen LogP contribution >= 0.6 is 11.6 Å². The van der Waals surface area contributed by atoms with Crippen molar-refractivity contribution in [3.05, 3.63) is 80.8 Å². The highest BCUT2D eigenvalue weighted by Crippen LogP contribution is 2.54. The van der Waals surface area contributed by atoms with E-state index in [1.165, 1.54) is 19.2 Å². The molecule has 0 saturated carbocycles. The molecular weight excluding hydrogens is 532 g/mol. The van der Waals surface area contributed by atoms with E-state index in [4.69, 9.17) is 30.9 Å². The number of benzene rings is 2. The number of carbonyl (C=O) groups excluding carboxylic acids is 2. The number of allylic oxidation sites excluding steroid dienone is 4. The number of hydrogen-bond acceptors (Lipinski definition) is 6. The quantitative estimate of drug-likeness (QED) is 0.402. The first-order valence-corrected chi connectivity index (χ1v) is 13.7. The van der Waals surface area contributed by atoms with Crippen LogP contribution in [0.1, 0.15) is 80.8 Å². The number of methoxy groups -OCH3 is 1. The normalized spacial score (nSPS) is 20.1. The largest absolute Gasteiger partial charge is 0.493 e. The van der Waals surface area contributed by atoms with Crippen LogP contribution in [0.4, 0.5) is 0 Å². The summed E-state index contributed by atoms with van der Waals surface area (Å²) in [5.74, 6) is 0.297. The van der Waals surface area contributed by atoms with Gasteiger partial charge in [0, 0.05) is 42.7 Å². The van der Waals surface area contributed by atoms with Crippen LogP contribution < -0.4 is 9.47 Å². The van der Waals surface area contributed by atoms with Crippen molar-refractivity contribution in [1.29, 1.82) is 0 Å². The number of carboxylic acids is 1. The molecule has 0 atom stereocenters. The van der Waals surface area contributed by atoms with Gasteiger partial charge in [-0.2, -0.15) is 0 Å². The average Bonchev–Trinajstić information content (AvgIpc) is 2.85. The minimum atomic E-state index is -1.00. The molecule has 1 aliphatic heterocycles. The molecule has 7 nitrogen and oxygen atoms in total. The predicted octanol–water partition coefficient (Wildman–Crippen LogP) is 7.03. The van der Waals surface area contributed by atoms with E-state index in [2.05, 4.69) is 0 Å². The molecule has 5 rings (SSSR count). The van der Waals surface area contributed by atoms with Crippen LogP contribution in [0, 0.1) is 10.8 Å². The first-order valence-electron chi connectivity index (χ1n) is 13.3. The predicted molar refractivity (Wildman–Crippen MR) is 150 cm³/mol. The molecule has 210 valence electrons. The van der Waals surface area contributed by atoms with Gasteiger partial charge in [-0.3, -0.25) is 9.59 Å². The SMILES string of the molecule is COc1cc(C2C3=C(CC(C)(C)CC3=O)OC3=C2C(=O)CC(C)(C)C3)cc(Cl)c1OCc1ccc(C(=O)O)cc1. The summed E-state index contributed by atoms with van der Waals surface area (Å²) in [6.07, 6.45) is 1.92. The minimum absolute atomic E-state index is 0.0272. The molecule has 0 saturated heterocycles. The molecule has 0 bridgehead atoms. The molecule has 0 unspecified atom stereocenters. The van der Waals surface area contributed by atoms with Gasteiger partial charge in [0.1, 0.15) is 18.1 Å². The van der Waals surface area contributed by atoms with Crippen LogP contribution in [0.3, 0.4) is 0 Å². The van der Waals surface area contributed by atoms with Gasteiger partial charge in [0.05, 0.1) is 17.7 Å². The summed E-state index contributed by atoms with van der Waals surface area (Å²) in [5, 5.41) is 9.41. The van der Waals surface area contributed by atoms with E-state index in [9.17, 15) is 14.4 Å². The van der Waals surface area contributed by atoms with Gasteiger partial charge in [0.25, 0.3) is 0 Å². The van der Waals surface area contributed by atoms with Gasteiger partial charge >= 0.3 is 5.97 Å². The molecule has 0 amide bonds. The van der Waals surface area contributed by atoms with Gasteiger partial charge < -0.3 is 19.3 Å². The first kappa shape index (κ1) is 28.0. The van der Waals surface area contributed by atoms with E-state index in [0.717, 1.165) is 5.56 Å². The number of ketones is 2. The molecule has 2 aliphatic carbocycles. The Hall–Kier alpha value is -3.58. The Bertz CT molecular complexity index is 1430. The molecule has 8 heteroatoms. The first-order chi connectivity index (χ1) is 18.8. The molecule has 1 heterocycles. The van der Waals surface area contributed by atoms with Crippen molar-refractivity contribution in [2.24, 2.45) is 10.8 Å². The Morgan fingerprint density at radius 3 is 2.00 bits per heavy atom. The zero-order valence-corrected chi connectivity index (χ0v) is 24.1. The number of rotatable bonds is 6. The van der Waals surface area contributed by atoms with E-state index < -0.39 is 11.9 Å². The van der Waals surface area contributed by atoms with E-state index in [1.807, 2.05) is 27.7 Å². The Balaban J connectivity index is 1.55. The molecule has 0 radical (unpaired) electrons. The van der Waals surface area contributed by atoms with Gasteiger partial charge in [-0.15, -0.1) is 0 Å². The summed E-state index contributed by atoms with van der Waals surface area (Å²) >= 11 is 6.76. The van der Waals surface area contributed by atoms with Gasteiger partial charge in [-0.25, -0.2) is 4.79 Å². The van der Waals surface area contributed by atoms with Crippen molar-refractivity contribution in [2.75, 3.05) is 7.11 Å². The molecule has 40 heavy (non-hydrogen) atoms. The lowest BCUT2D eigenvalue weighted by Crippen LogP contribution is -2.37. The zero-order chi connectivity index (χ0) is 29.0. The average molecular weight is 565 g/mol. The fourth-order valence-electron chi connectivity index (χ4n) is 5.95. The summed E-state index contributed by atoms with van der Waals surface area (Å²) in [4.78, 5) is 38.3. The molecule has 0 fully saturated rings. The second kappa shape index (κ2) is 10.1. The van der Waals surface area contributed by atoms with Crippen LogP contribution in [0.5, 0.6) is 11.5 Å². The highest BCUT2D eigenvalue weighted by atomic mass is 35.5. The van der Waals surface area contributed by atoms with Crippen molar-refractivity contribution in [2.45, 2.75) is 65.9 Å². The smallest absolute Gasteiger partial charge is 0.335 e. The Kier molecular flexibility index (Phi) is 7.07. The Labute approximate surface area is 238 Å². The topological polar surface area (TPSA) is 99.1 Å². The number of halogens is 1. The monoisotopic (exact) mass is 564 g/mol. The van der Waals surface area contributed by atoms with E-state index in [0.29, 0.717) is 65.4 Å². The third-order valence-corrected chi connectivity index (χ3v) is 8.03. The highest BCUT2D eigenvalue weighted by molar-refractivity contribution is 6.32. The fourth-order valence-corrected chi connectivity index (χ4v) is 6.23. The summed E-state index contributed by atoms with van der Waals surface area (Å²) < 4.78 is 18.1. The maximum Gasteiger partial charge on any atom is 0.335 e. The summed E-state index contributed by atoms with van der Waals surface area (Å²) in [7, 11) is 1.51. The van der Waals surface area contributed by atoms with Crippen molar-refractivity contribution in [3.63, 3.8) is 0 Å². The summed E-state index contributed by atoms with van der Waals surface area (Å²) in [6.45, 7) is 8.34. The fraction of sp³-hybridized carbons (Fsp3) is 0.406. The van der Waals surface area contributed by atoms with Gasteiger partial charge in [-0.05, 0) is 46.2 Å². The molecule has 2 aromatic rings. The number of aromatic carboxylic acids is 1. The lowest BCUT2D eigenvalue weighted by Gasteiger charge is -2.42. The van der Waals surface area contributed by atoms with Crippen molar-refractivity contribution in [3.8, 4) is 11.5 Å². The van der Waals surface area contributed by atoms with E-state index >= 15 is 0 Å². The Morgan fingerprint density at radius 1 is 0.950 bits per heavy atom. The number of ether oxygens (including phenoxy) is 3. The van der Waals surface area contributed by atoms with Gasteiger partial charge in [0.15, 0.2) is 23.1 Å². The second-order valence-corrected chi connectivity index (χ2v) is 12.8. The van der Waals surface area contributed by atoms with E-state index in [1.54, 1.807) is 24.3 Å². The van der Waals surface area contributed by atoms with Crippen molar-refractivity contribution < 1.29 is 33.7 Å². The number of Topliss-reactive ketones (excluding diaryl/α,β-unsaturated/α-hetero) is 2. The van der Waals surface area contributed by atoms with Crippen molar-refractivity contribution >= 4 is 29.1 Å². The minimum Gasteiger partial charge on any atom is -0.493 e. The van der Waals surface area contributed by atoms with Crippen LogP contribution in [-0.2, 0) is 20.9 Å². The van der Waals surface area contributed by atoms with Gasteiger partial charge in [-0.1, -0.05) is 51.4 Å². The Morgan fingerprint density at radius 2 is 1.50 bits per heavy atom. The van der Waals surface area contributed by atoms with Crippen molar-refractivity contribution in [1.82, 2.24) is 0 Å². The van der Waals surface area contributed by atoms with Crippen LogP contribution in [0.25, 0.3) is 0 Å². The van der Waals surface area contributed by atoms with Crippen LogP contribution in [-0.4, -0.2) is 29.8 Å². The number of carboxylic acid groups (broad SMARTS) is 1. The zero-order valence-electron chi connectivity index (χ0n) is 23.4. The summed E-state index contributed by atoms with van der Waals surface area (Å²) in [6, 6.07) is 9.88. The van der Waals surface area contributed by atoms with E-state index in [-0.39, 0.29) is 39.6 Å². The lowest BCUT2D eigenvalue weighted by molar-refractivity contribution is -0.120.